The van der Waals surface area contributed by atoms with Gasteiger partial charge in [0.05, 0.1) is 37.3 Å². The molecule has 11 heteroatoms. The van der Waals surface area contributed by atoms with Gasteiger partial charge in [-0.05, 0) is 55.4 Å². The Balaban J connectivity index is 1.32. The van der Waals surface area contributed by atoms with Crippen molar-refractivity contribution in [3.05, 3.63) is 65.9 Å². The average Bonchev–Trinajstić information content (AvgIpc) is 3.64. The van der Waals surface area contributed by atoms with E-state index in [0.717, 1.165) is 41.4 Å². The molecule has 3 aliphatic heterocycles. The van der Waals surface area contributed by atoms with E-state index in [4.69, 9.17) is 20.4 Å². The second kappa shape index (κ2) is 11.9. The van der Waals surface area contributed by atoms with Gasteiger partial charge >= 0.3 is 6.01 Å². The molecular formula is C32H36N8O3. The zero-order chi connectivity index (χ0) is 30.1. The van der Waals surface area contributed by atoms with Crippen molar-refractivity contribution in [1.29, 1.82) is 5.26 Å². The first-order valence-electron chi connectivity index (χ1n) is 14.7. The van der Waals surface area contributed by atoms with Crippen LogP contribution in [0.2, 0.25) is 0 Å². The molecule has 3 aromatic rings. The van der Waals surface area contributed by atoms with Crippen LogP contribution < -0.4 is 15.4 Å². The highest BCUT2D eigenvalue weighted by Crippen LogP contribution is 2.35. The molecule has 11 nitrogen and oxygen atoms in total. The lowest BCUT2D eigenvalue weighted by Gasteiger charge is -2.41. The summed E-state index contributed by atoms with van der Waals surface area (Å²) in [6.45, 7) is 7.14. The average molecular weight is 581 g/mol. The number of carbonyl (C=O) groups is 2. The number of piperazine rings is 1. The van der Waals surface area contributed by atoms with Crippen molar-refractivity contribution in [2.45, 2.75) is 44.4 Å². The van der Waals surface area contributed by atoms with Crippen molar-refractivity contribution in [2.24, 2.45) is 0 Å². The van der Waals surface area contributed by atoms with Gasteiger partial charge in [0.1, 0.15) is 12.4 Å². The van der Waals surface area contributed by atoms with Crippen LogP contribution in [0.4, 0.5) is 11.5 Å². The van der Waals surface area contributed by atoms with E-state index in [-0.39, 0.29) is 30.3 Å². The largest absolute Gasteiger partial charge is 0.462 e. The number of nitrogen functional groups attached to an aromatic ring is 1. The summed E-state index contributed by atoms with van der Waals surface area (Å²) in [5, 5.41) is 11.3. The van der Waals surface area contributed by atoms with Gasteiger partial charge in [-0.25, -0.2) is 0 Å². The molecule has 0 bridgehead atoms. The fourth-order valence-corrected chi connectivity index (χ4v) is 6.46. The number of aromatic nitrogens is 2. The molecule has 2 aromatic carbocycles. The number of nitriles is 1. The minimum Gasteiger partial charge on any atom is -0.462 e. The van der Waals surface area contributed by atoms with E-state index in [1.165, 1.54) is 6.08 Å². The maximum atomic E-state index is 14.0. The molecule has 1 aromatic heterocycles. The second-order valence-electron chi connectivity index (χ2n) is 11.5. The van der Waals surface area contributed by atoms with Crippen LogP contribution in [0.1, 0.15) is 40.9 Å². The predicted octanol–water partition coefficient (Wildman–Crippen LogP) is 2.96. The van der Waals surface area contributed by atoms with Crippen LogP contribution in [0, 0.1) is 11.3 Å². The van der Waals surface area contributed by atoms with Gasteiger partial charge in [-0.1, -0.05) is 30.8 Å². The first kappa shape index (κ1) is 28.4. The molecule has 3 aliphatic rings. The van der Waals surface area contributed by atoms with Gasteiger partial charge in [0.15, 0.2) is 0 Å². The molecule has 4 heterocycles. The number of likely N-dealkylation sites (tertiary alicyclic amines) is 1. The smallest absolute Gasteiger partial charge is 0.318 e. The molecule has 0 spiro atoms. The molecular weight excluding hydrogens is 544 g/mol. The second-order valence-corrected chi connectivity index (χ2v) is 11.5. The predicted molar refractivity (Wildman–Crippen MR) is 163 cm³/mol. The van der Waals surface area contributed by atoms with Crippen LogP contribution >= 0.6 is 0 Å². The highest BCUT2D eigenvalue weighted by Gasteiger charge is 2.36. The molecule has 0 unspecified atom stereocenters. The molecule has 0 saturated carbocycles. The molecule has 222 valence electrons. The van der Waals surface area contributed by atoms with Crippen LogP contribution in [-0.4, -0.2) is 88.4 Å². The Morgan fingerprint density at radius 2 is 2.00 bits per heavy atom. The Morgan fingerprint density at radius 1 is 1.16 bits per heavy atom. The lowest BCUT2D eigenvalue weighted by atomic mass is 10.0. The van der Waals surface area contributed by atoms with Crippen molar-refractivity contribution in [3.63, 3.8) is 0 Å². The third-order valence-electron chi connectivity index (χ3n) is 8.78. The van der Waals surface area contributed by atoms with E-state index < -0.39 is 0 Å². The number of nitrogens with zero attached hydrogens (tertiary/aromatic N) is 7. The Kier molecular flexibility index (Phi) is 7.86. The monoisotopic (exact) mass is 580 g/mol. The number of carbonyl (C=O) groups excluding carboxylic acids is 2. The summed E-state index contributed by atoms with van der Waals surface area (Å²) >= 11 is 0. The van der Waals surface area contributed by atoms with Crippen LogP contribution in [0.15, 0.2) is 49.1 Å². The van der Waals surface area contributed by atoms with Crippen molar-refractivity contribution in [1.82, 2.24) is 24.7 Å². The third kappa shape index (κ3) is 5.58. The fraction of sp³-hybridized carbons (Fsp3) is 0.406. The lowest BCUT2D eigenvalue weighted by molar-refractivity contribution is -0.128. The Morgan fingerprint density at radius 3 is 2.77 bits per heavy atom. The maximum absolute atomic E-state index is 14.0. The van der Waals surface area contributed by atoms with Crippen molar-refractivity contribution < 1.29 is 14.3 Å². The van der Waals surface area contributed by atoms with Gasteiger partial charge in [-0.15, -0.1) is 0 Å². The highest BCUT2D eigenvalue weighted by atomic mass is 16.5. The number of ether oxygens (including phenoxy) is 1. The zero-order valence-electron chi connectivity index (χ0n) is 24.4. The van der Waals surface area contributed by atoms with Gasteiger partial charge in [-0.3, -0.25) is 9.59 Å². The van der Waals surface area contributed by atoms with Gasteiger partial charge < -0.3 is 30.1 Å². The molecule has 6 rings (SSSR count). The number of amides is 2. The number of nitrogens with two attached hydrogens (primary N) is 1. The zero-order valence-corrected chi connectivity index (χ0v) is 24.4. The number of fused-ring (bicyclic) bond motifs is 2. The lowest BCUT2D eigenvalue weighted by Crippen LogP contribution is -2.55. The molecule has 2 N–H and O–H groups in total. The minimum absolute atomic E-state index is 0.133. The number of benzene rings is 2. The van der Waals surface area contributed by atoms with Crippen molar-refractivity contribution in [2.75, 3.05) is 50.5 Å². The molecule has 0 radical (unpaired) electrons. The number of likely N-dealkylation sites (N-methyl/N-ethyl adjacent to an activating group) is 1. The third-order valence-corrected chi connectivity index (χ3v) is 8.78. The quantitative estimate of drug-likeness (QED) is 0.331. The van der Waals surface area contributed by atoms with Gasteiger partial charge in [0.2, 0.25) is 5.91 Å². The van der Waals surface area contributed by atoms with Crippen molar-refractivity contribution in [3.8, 4) is 12.1 Å². The molecule has 2 saturated heterocycles. The number of hydrogen-bond donors (Lipinski definition) is 1. The number of anilines is 2. The first-order chi connectivity index (χ1) is 20.9. The summed E-state index contributed by atoms with van der Waals surface area (Å²) in [4.78, 5) is 44.0. The Labute approximate surface area is 251 Å². The van der Waals surface area contributed by atoms with Crippen LogP contribution in [0.3, 0.4) is 0 Å². The van der Waals surface area contributed by atoms with Crippen LogP contribution in [0.5, 0.6) is 6.01 Å². The highest BCUT2D eigenvalue weighted by molar-refractivity contribution is 6.08. The van der Waals surface area contributed by atoms with E-state index in [9.17, 15) is 14.9 Å². The molecule has 43 heavy (non-hydrogen) atoms. The summed E-state index contributed by atoms with van der Waals surface area (Å²) < 4.78 is 6.18. The molecule has 2 amide bonds. The van der Waals surface area contributed by atoms with E-state index in [1.807, 2.05) is 30.3 Å². The van der Waals surface area contributed by atoms with Crippen LogP contribution in [-0.2, 0) is 17.9 Å². The van der Waals surface area contributed by atoms with E-state index in [2.05, 4.69) is 29.5 Å². The Hall–Kier alpha value is -4.69. The normalized spacial score (nSPS) is 20.2. The minimum atomic E-state index is -0.316. The standard InChI is InChI=1S/C32H36N8O3/c1-3-29(41)40-14-13-38(17-23(40)10-11-33)30-27-18-39(31(42)26-16-22(34)15-21-7-4-5-9-25(21)26)19-28(27)35-32(36-30)43-20-24-8-6-12-37(24)2/h3-5,7,9,15-16,23-24H,1,6,8,10,12-14,17-20,34H2,2H3/t23-,24-/m0/s1. The molecule has 2 atom stereocenters. The Bertz CT molecular complexity index is 1620. The van der Waals surface area contributed by atoms with Crippen molar-refractivity contribution >= 4 is 34.1 Å². The topological polar surface area (TPSA) is 132 Å². The molecule has 2 fully saturated rings. The first-order valence-corrected chi connectivity index (χ1v) is 14.7. The van der Waals surface area contributed by atoms with E-state index in [0.29, 0.717) is 62.4 Å². The van der Waals surface area contributed by atoms with E-state index in [1.54, 1.807) is 15.9 Å². The van der Waals surface area contributed by atoms with Gasteiger partial charge in [-0.2, -0.15) is 15.2 Å². The molecule has 0 aliphatic carbocycles. The summed E-state index contributed by atoms with van der Waals surface area (Å²) in [5.41, 5.74) is 8.85. The van der Waals surface area contributed by atoms with Gasteiger partial charge in [0, 0.05) is 42.5 Å². The SMILES string of the molecule is C=CC(=O)N1CCN(c2nc(OC[C@@H]3CCCN3C)nc3c2CN(C(=O)c2cc(N)cc4ccccc24)C3)C[C@@H]1CC#N. The number of rotatable bonds is 7. The summed E-state index contributed by atoms with van der Waals surface area (Å²) in [7, 11) is 2.10. The van der Waals surface area contributed by atoms with Gasteiger partial charge in [0.25, 0.3) is 5.91 Å². The number of hydrogen-bond acceptors (Lipinski definition) is 9. The summed E-state index contributed by atoms with van der Waals surface area (Å²) in [5.74, 6) is 0.357. The summed E-state index contributed by atoms with van der Waals surface area (Å²) in [6, 6.07) is 13.8. The summed E-state index contributed by atoms with van der Waals surface area (Å²) in [6.07, 6.45) is 3.66. The fourth-order valence-electron chi connectivity index (χ4n) is 6.46. The maximum Gasteiger partial charge on any atom is 0.318 e. The van der Waals surface area contributed by atoms with E-state index >= 15 is 0 Å². The van der Waals surface area contributed by atoms with Crippen LogP contribution in [0.25, 0.3) is 10.8 Å².